The monoisotopic (exact) mass is 429 g/mol. The van der Waals surface area contributed by atoms with Gasteiger partial charge in [-0.1, -0.05) is 29.8 Å². The van der Waals surface area contributed by atoms with Gasteiger partial charge in [0.05, 0.1) is 18.2 Å². The van der Waals surface area contributed by atoms with Crippen molar-refractivity contribution in [3.63, 3.8) is 0 Å². The lowest BCUT2D eigenvalue weighted by atomic mass is 10.0. The fraction of sp³-hybridized carbons (Fsp3) is 0.0400. The van der Waals surface area contributed by atoms with Crippen molar-refractivity contribution in [2.75, 3.05) is 7.11 Å². The number of para-hydroxylation sites is 1. The van der Waals surface area contributed by atoms with E-state index in [4.69, 9.17) is 20.8 Å². The summed E-state index contributed by atoms with van der Waals surface area (Å²) in [5.41, 5.74) is 2.14. The molecule has 0 saturated heterocycles. The summed E-state index contributed by atoms with van der Waals surface area (Å²) in [6, 6.07) is 21.2. The van der Waals surface area contributed by atoms with Gasteiger partial charge in [0.15, 0.2) is 0 Å². The molecule has 5 aromatic rings. The third kappa shape index (κ3) is 3.29. The molecule has 0 amide bonds. The van der Waals surface area contributed by atoms with Crippen molar-refractivity contribution in [3.8, 4) is 16.9 Å². The number of rotatable bonds is 3. The Morgan fingerprint density at radius 2 is 1.74 bits per heavy atom. The predicted molar refractivity (Wildman–Crippen MR) is 121 cm³/mol. The molecule has 2 heterocycles. The smallest absolute Gasteiger partial charge is 0.344 e. The molecule has 2 aromatic heterocycles. The van der Waals surface area contributed by atoms with Crippen LogP contribution in [0.1, 0.15) is 10.4 Å². The van der Waals surface area contributed by atoms with Crippen LogP contribution in [0.3, 0.4) is 0 Å². The molecule has 0 saturated carbocycles. The largest absolute Gasteiger partial charge is 0.497 e. The Bertz CT molecular complexity index is 1510. The molecule has 0 atom stereocenters. The number of halogens is 1. The van der Waals surface area contributed by atoms with Crippen LogP contribution < -0.4 is 10.4 Å². The molecule has 0 aliphatic rings. The fourth-order valence-corrected chi connectivity index (χ4v) is 3.83. The summed E-state index contributed by atoms with van der Waals surface area (Å²) in [4.78, 5) is 26.1. The van der Waals surface area contributed by atoms with Crippen molar-refractivity contribution in [2.24, 2.45) is 0 Å². The normalized spacial score (nSPS) is 11.2. The van der Waals surface area contributed by atoms with Crippen molar-refractivity contribution < 1.29 is 13.9 Å². The molecule has 0 fully saturated rings. The molecule has 152 valence electrons. The summed E-state index contributed by atoms with van der Waals surface area (Å²) in [5.74, 6) is 0.388. The highest BCUT2D eigenvalue weighted by Crippen LogP contribution is 2.33. The second-order valence-corrected chi connectivity index (χ2v) is 7.53. The van der Waals surface area contributed by atoms with E-state index in [9.17, 15) is 9.59 Å². The first-order valence-electron chi connectivity index (χ1n) is 9.58. The second-order valence-electron chi connectivity index (χ2n) is 7.09. The Hall–Kier alpha value is -3.83. The van der Waals surface area contributed by atoms with Crippen molar-refractivity contribution in [2.45, 2.75) is 0 Å². The highest BCUT2D eigenvalue weighted by molar-refractivity contribution is 6.30. The van der Waals surface area contributed by atoms with Gasteiger partial charge in [0.1, 0.15) is 11.3 Å². The van der Waals surface area contributed by atoms with E-state index in [0.29, 0.717) is 43.9 Å². The number of methoxy groups -OCH3 is 1. The molecule has 31 heavy (non-hydrogen) atoms. The summed E-state index contributed by atoms with van der Waals surface area (Å²) in [6.45, 7) is 0. The van der Waals surface area contributed by atoms with E-state index in [1.807, 2.05) is 24.3 Å². The lowest BCUT2D eigenvalue weighted by molar-refractivity contribution is 0.0965. The Morgan fingerprint density at radius 1 is 0.968 bits per heavy atom. The maximum Gasteiger partial charge on any atom is 0.344 e. The van der Waals surface area contributed by atoms with E-state index in [-0.39, 0.29) is 5.91 Å². The van der Waals surface area contributed by atoms with Crippen molar-refractivity contribution in [1.29, 1.82) is 0 Å². The van der Waals surface area contributed by atoms with Gasteiger partial charge in [0, 0.05) is 33.1 Å². The Labute approximate surface area is 182 Å². The number of ether oxygens (including phenoxy) is 1. The lowest BCUT2D eigenvalue weighted by Gasteiger charge is -2.05. The summed E-state index contributed by atoms with van der Waals surface area (Å²) in [7, 11) is 1.57. The molecular weight excluding hydrogens is 414 g/mol. The molecular formula is C25H16ClNO4. The van der Waals surface area contributed by atoms with Crippen LogP contribution in [-0.2, 0) is 0 Å². The third-order valence-electron chi connectivity index (χ3n) is 5.25. The first-order chi connectivity index (χ1) is 15.0. The molecule has 5 rings (SSSR count). The van der Waals surface area contributed by atoms with E-state index in [2.05, 4.69) is 0 Å². The first-order valence-corrected chi connectivity index (χ1v) is 9.95. The number of benzene rings is 3. The molecule has 0 radical (unpaired) electrons. The van der Waals surface area contributed by atoms with E-state index in [1.54, 1.807) is 61.8 Å². The van der Waals surface area contributed by atoms with Gasteiger partial charge in [-0.25, -0.2) is 4.79 Å². The van der Waals surface area contributed by atoms with Gasteiger partial charge in [0.25, 0.3) is 5.91 Å². The number of hydrogen-bond donors (Lipinski definition) is 0. The lowest BCUT2D eigenvalue weighted by Crippen LogP contribution is -2.10. The molecule has 6 heteroatoms. The van der Waals surface area contributed by atoms with Gasteiger partial charge in [-0.3, -0.25) is 9.36 Å². The maximum absolute atomic E-state index is 13.3. The molecule has 0 N–H and O–H groups in total. The first kappa shape index (κ1) is 19.2. The van der Waals surface area contributed by atoms with Crippen LogP contribution in [0.25, 0.3) is 33.0 Å². The molecule has 5 nitrogen and oxygen atoms in total. The van der Waals surface area contributed by atoms with Crippen molar-refractivity contribution >= 4 is 39.4 Å². The Morgan fingerprint density at radius 3 is 2.52 bits per heavy atom. The second kappa shape index (κ2) is 7.45. The zero-order chi connectivity index (χ0) is 21.5. The summed E-state index contributed by atoms with van der Waals surface area (Å²) >= 11 is 5.96. The van der Waals surface area contributed by atoms with Gasteiger partial charge in [-0.2, -0.15) is 0 Å². The van der Waals surface area contributed by atoms with E-state index >= 15 is 0 Å². The van der Waals surface area contributed by atoms with Gasteiger partial charge in [-0.15, -0.1) is 0 Å². The molecule has 0 spiro atoms. The SMILES string of the molecule is COc1ccc2c(c1)c(-c1cc3ccccc3oc1=O)cn2C(=O)c1ccc(Cl)cc1. The van der Waals surface area contributed by atoms with E-state index in [1.165, 1.54) is 4.57 Å². The number of fused-ring (bicyclic) bond motifs is 2. The Kier molecular flexibility index (Phi) is 4.60. The van der Waals surface area contributed by atoms with Crippen LogP contribution in [-0.4, -0.2) is 17.6 Å². The minimum Gasteiger partial charge on any atom is -0.497 e. The maximum atomic E-state index is 13.3. The van der Waals surface area contributed by atoms with Gasteiger partial charge < -0.3 is 9.15 Å². The van der Waals surface area contributed by atoms with Gasteiger partial charge >= 0.3 is 5.63 Å². The zero-order valence-corrected chi connectivity index (χ0v) is 17.2. The summed E-state index contributed by atoms with van der Waals surface area (Å²) < 4.78 is 12.4. The van der Waals surface area contributed by atoms with Crippen LogP contribution >= 0.6 is 11.6 Å². The predicted octanol–water partition coefficient (Wildman–Crippen LogP) is 5.77. The molecule has 3 aromatic carbocycles. The summed E-state index contributed by atoms with van der Waals surface area (Å²) in [6.07, 6.45) is 1.67. The minimum absolute atomic E-state index is 0.233. The number of carbonyl (C=O) groups is 1. The number of nitrogens with zero attached hydrogens (tertiary/aromatic N) is 1. The Balaban J connectivity index is 1.77. The average Bonchev–Trinajstić information content (AvgIpc) is 3.17. The van der Waals surface area contributed by atoms with E-state index < -0.39 is 5.63 Å². The molecule has 0 aliphatic heterocycles. The quantitative estimate of drug-likeness (QED) is 0.342. The average molecular weight is 430 g/mol. The van der Waals surface area contributed by atoms with Crippen LogP contribution in [0.2, 0.25) is 5.02 Å². The highest BCUT2D eigenvalue weighted by atomic mass is 35.5. The zero-order valence-electron chi connectivity index (χ0n) is 16.5. The van der Waals surface area contributed by atoms with Gasteiger partial charge in [0.2, 0.25) is 0 Å². The van der Waals surface area contributed by atoms with Crippen molar-refractivity contribution in [1.82, 2.24) is 4.57 Å². The van der Waals surface area contributed by atoms with Gasteiger partial charge in [-0.05, 0) is 54.6 Å². The minimum atomic E-state index is -0.473. The molecule has 0 aliphatic carbocycles. The topological polar surface area (TPSA) is 61.4 Å². The number of carbonyl (C=O) groups excluding carboxylic acids is 1. The highest BCUT2D eigenvalue weighted by Gasteiger charge is 2.19. The third-order valence-corrected chi connectivity index (χ3v) is 5.51. The number of hydrogen-bond acceptors (Lipinski definition) is 4. The van der Waals surface area contributed by atoms with Crippen LogP contribution in [0.4, 0.5) is 0 Å². The summed E-state index contributed by atoms with van der Waals surface area (Å²) in [5, 5.41) is 2.06. The van der Waals surface area contributed by atoms with Crippen LogP contribution in [0, 0.1) is 0 Å². The van der Waals surface area contributed by atoms with Crippen LogP contribution in [0.15, 0.2) is 88.2 Å². The van der Waals surface area contributed by atoms with Crippen LogP contribution in [0.5, 0.6) is 5.75 Å². The standard InChI is InChI=1S/C25H16ClNO4/c1-30-18-10-11-22-19(13-18)21(14-27(22)24(28)15-6-8-17(26)9-7-15)20-12-16-4-2-3-5-23(16)31-25(20)29/h2-14H,1H3. The van der Waals surface area contributed by atoms with Crippen molar-refractivity contribution in [3.05, 3.63) is 100.0 Å². The molecule has 0 bridgehead atoms. The number of aromatic nitrogens is 1. The molecule has 0 unspecified atom stereocenters. The van der Waals surface area contributed by atoms with E-state index in [0.717, 1.165) is 5.39 Å². The fourth-order valence-electron chi connectivity index (χ4n) is 3.70.